The standard InChI is InChI=1S/C21H29NO3/c1-15(16-9-7-6-8-10-16)22-14-20(5,21(11-12-21)18(22)24)13-17(23)25-19(2,3)4/h6-10,15H,11-14H2,1-5H3/t15-,20-/m1/s1. The SMILES string of the molecule is C[C@H](c1ccccc1)N1C[C@@](C)(CC(=O)OC(C)(C)C)C2(CC2)C1=O. The molecule has 1 heterocycles. The number of carbonyl (C=O) groups is 2. The molecule has 0 aromatic heterocycles. The molecule has 1 aliphatic carbocycles. The van der Waals surface area contributed by atoms with Crippen molar-refractivity contribution in [2.24, 2.45) is 10.8 Å². The maximum absolute atomic E-state index is 13.2. The van der Waals surface area contributed by atoms with Crippen molar-refractivity contribution in [3.63, 3.8) is 0 Å². The van der Waals surface area contributed by atoms with E-state index >= 15 is 0 Å². The molecule has 2 aliphatic rings. The van der Waals surface area contributed by atoms with Crippen LogP contribution in [0.2, 0.25) is 0 Å². The monoisotopic (exact) mass is 343 g/mol. The Morgan fingerprint density at radius 2 is 1.84 bits per heavy atom. The molecule has 1 spiro atoms. The molecule has 1 aromatic carbocycles. The van der Waals surface area contributed by atoms with E-state index in [0.717, 1.165) is 18.4 Å². The summed E-state index contributed by atoms with van der Waals surface area (Å²) < 4.78 is 5.53. The van der Waals surface area contributed by atoms with Gasteiger partial charge in [0.2, 0.25) is 5.91 Å². The van der Waals surface area contributed by atoms with Gasteiger partial charge in [-0.25, -0.2) is 0 Å². The molecule has 0 bridgehead atoms. The van der Waals surface area contributed by atoms with Crippen LogP contribution >= 0.6 is 0 Å². The average Bonchev–Trinajstić information content (AvgIpc) is 3.29. The van der Waals surface area contributed by atoms with E-state index in [1.807, 2.05) is 43.9 Å². The molecule has 1 amide bonds. The first-order chi connectivity index (χ1) is 11.6. The number of hydrogen-bond acceptors (Lipinski definition) is 3. The predicted octanol–water partition coefficient (Wildman–Crippen LogP) is 4.11. The minimum Gasteiger partial charge on any atom is -0.460 e. The Balaban J connectivity index is 1.80. The molecule has 0 N–H and O–H groups in total. The Labute approximate surface area is 150 Å². The van der Waals surface area contributed by atoms with Crippen LogP contribution in [-0.2, 0) is 14.3 Å². The first kappa shape index (κ1) is 18.0. The highest BCUT2D eigenvalue weighted by atomic mass is 16.6. The highest BCUT2D eigenvalue weighted by Gasteiger charge is 2.69. The maximum atomic E-state index is 13.2. The van der Waals surface area contributed by atoms with Crippen molar-refractivity contribution in [2.45, 2.75) is 65.5 Å². The lowest BCUT2D eigenvalue weighted by Gasteiger charge is -2.30. The summed E-state index contributed by atoms with van der Waals surface area (Å²) in [6, 6.07) is 10.1. The summed E-state index contributed by atoms with van der Waals surface area (Å²) >= 11 is 0. The Morgan fingerprint density at radius 1 is 1.24 bits per heavy atom. The van der Waals surface area contributed by atoms with Crippen molar-refractivity contribution in [1.82, 2.24) is 4.90 Å². The number of hydrogen-bond donors (Lipinski definition) is 0. The predicted molar refractivity (Wildman–Crippen MR) is 96.8 cm³/mol. The van der Waals surface area contributed by atoms with E-state index in [2.05, 4.69) is 26.0 Å². The fourth-order valence-corrected chi connectivity index (χ4v) is 4.22. The van der Waals surface area contributed by atoms with Crippen LogP contribution < -0.4 is 0 Å². The number of ether oxygens (including phenoxy) is 1. The minimum atomic E-state index is -0.496. The van der Waals surface area contributed by atoms with Crippen LogP contribution in [0, 0.1) is 10.8 Å². The van der Waals surface area contributed by atoms with E-state index in [1.165, 1.54) is 0 Å². The summed E-state index contributed by atoms with van der Waals surface area (Å²) in [5, 5.41) is 0. The van der Waals surface area contributed by atoms with Crippen molar-refractivity contribution in [3.8, 4) is 0 Å². The van der Waals surface area contributed by atoms with Gasteiger partial charge in [-0.2, -0.15) is 0 Å². The largest absolute Gasteiger partial charge is 0.460 e. The Morgan fingerprint density at radius 3 is 2.36 bits per heavy atom. The zero-order chi connectivity index (χ0) is 18.5. The van der Waals surface area contributed by atoms with Gasteiger partial charge >= 0.3 is 5.97 Å². The van der Waals surface area contributed by atoms with Gasteiger partial charge in [-0.1, -0.05) is 37.3 Å². The van der Waals surface area contributed by atoms with Crippen LogP contribution in [-0.4, -0.2) is 28.9 Å². The number of carbonyl (C=O) groups excluding carboxylic acids is 2. The second-order valence-electron chi connectivity index (χ2n) is 8.93. The van der Waals surface area contributed by atoms with E-state index in [9.17, 15) is 9.59 Å². The van der Waals surface area contributed by atoms with Gasteiger partial charge in [0.1, 0.15) is 5.60 Å². The normalized spacial score (nSPS) is 26.0. The van der Waals surface area contributed by atoms with Crippen molar-refractivity contribution in [2.75, 3.05) is 6.54 Å². The van der Waals surface area contributed by atoms with Crippen molar-refractivity contribution in [3.05, 3.63) is 35.9 Å². The number of benzene rings is 1. The maximum Gasteiger partial charge on any atom is 0.306 e. The molecule has 1 saturated heterocycles. The van der Waals surface area contributed by atoms with E-state index < -0.39 is 5.60 Å². The minimum absolute atomic E-state index is 0.0200. The molecule has 1 aromatic rings. The van der Waals surface area contributed by atoms with Crippen LogP contribution in [0.3, 0.4) is 0 Å². The van der Waals surface area contributed by atoms with E-state index in [1.54, 1.807) is 0 Å². The second-order valence-corrected chi connectivity index (χ2v) is 8.93. The lowest BCUT2D eigenvalue weighted by atomic mass is 9.74. The summed E-state index contributed by atoms with van der Waals surface area (Å²) in [7, 11) is 0. The molecule has 0 radical (unpaired) electrons. The van der Waals surface area contributed by atoms with Gasteiger partial charge in [0.25, 0.3) is 0 Å². The molecule has 4 nitrogen and oxygen atoms in total. The molecule has 2 atom stereocenters. The Bertz CT molecular complexity index is 672. The topological polar surface area (TPSA) is 46.6 Å². The molecule has 0 unspecified atom stereocenters. The quantitative estimate of drug-likeness (QED) is 0.773. The fourth-order valence-electron chi connectivity index (χ4n) is 4.22. The van der Waals surface area contributed by atoms with Gasteiger partial charge < -0.3 is 9.64 Å². The second kappa shape index (κ2) is 5.86. The summed E-state index contributed by atoms with van der Waals surface area (Å²) in [4.78, 5) is 27.6. The average molecular weight is 343 g/mol. The van der Waals surface area contributed by atoms with Crippen molar-refractivity contribution < 1.29 is 14.3 Å². The van der Waals surface area contributed by atoms with E-state index in [-0.39, 0.29) is 28.7 Å². The first-order valence-electron chi connectivity index (χ1n) is 9.16. The summed E-state index contributed by atoms with van der Waals surface area (Å²) in [6.07, 6.45) is 2.06. The molecule has 25 heavy (non-hydrogen) atoms. The van der Waals surface area contributed by atoms with Gasteiger partial charge in [0.15, 0.2) is 0 Å². The lowest BCUT2D eigenvalue weighted by Crippen LogP contribution is -2.35. The van der Waals surface area contributed by atoms with Gasteiger partial charge in [-0.05, 0) is 46.1 Å². The number of rotatable bonds is 4. The van der Waals surface area contributed by atoms with Crippen LogP contribution in [0.1, 0.15) is 65.5 Å². The van der Waals surface area contributed by atoms with Gasteiger partial charge in [-0.15, -0.1) is 0 Å². The number of likely N-dealkylation sites (tertiary alicyclic amines) is 1. The highest BCUT2D eigenvalue weighted by molar-refractivity contribution is 5.90. The molecule has 1 saturated carbocycles. The smallest absolute Gasteiger partial charge is 0.306 e. The molecule has 2 fully saturated rings. The number of nitrogens with zero attached hydrogens (tertiary/aromatic N) is 1. The van der Waals surface area contributed by atoms with Crippen molar-refractivity contribution in [1.29, 1.82) is 0 Å². The lowest BCUT2D eigenvalue weighted by molar-refractivity contribution is -0.158. The summed E-state index contributed by atoms with van der Waals surface area (Å²) in [6.45, 7) is 10.4. The van der Waals surface area contributed by atoms with Crippen LogP contribution in [0.4, 0.5) is 0 Å². The number of amides is 1. The first-order valence-corrected chi connectivity index (χ1v) is 9.16. The Hall–Kier alpha value is -1.84. The van der Waals surface area contributed by atoms with Crippen LogP contribution in [0.25, 0.3) is 0 Å². The molecule has 1 aliphatic heterocycles. The molecule has 4 heteroatoms. The van der Waals surface area contributed by atoms with E-state index in [0.29, 0.717) is 13.0 Å². The van der Waals surface area contributed by atoms with Crippen LogP contribution in [0.15, 0.2) is 30.3 Å². The Kier molecular flexibility index (Phi) is 4.21. The van der Waals surface area contributed by atoms with Gasteiger partial charge in [-0.3, -0.25) is 9.59 Å². The molecule has 3 rings (SSSR count). The third kappa shape index (κ3) is 3.19. The van der Waals surface area contributed by atoms with Crippen molar-refractivity contribution >= 4 is 11.9 Å². The fraction of sp³-hybridized carbons (Fsp3) is 0.619. The molecule has 136 valence electrons. The summed E-state index contributed by atoms with van der Waals surface area (Å²) in [5.74, 6) is -0.00167. The third-order valence-electron chi connectivity index (χ3n) is 5.80. The summed E-state index contributed by atoms with van der Waals surface area (Å²) in [5.41, 5.74) is -0.0835. The highest BCUT2D eigenvalue weighted by Crippen LogP contribution is 2.65. The zero-order valence-corrected chi connectivity index (χ0v) is 16.0. The number of esters is 1. The van der Waals surface area contributed by atoms with Crippen LogP contribution in [0.5, 0.6) is 0 Å². The molecular formula is C21H29NO3. The zero-order valence-electron chi connectivity index (χ0n) is 16.0. The van der Waals surface area contributed by atoms with E-state index in [4.69, 9.17) is 4.74 Å². The molecular weight excluding hydrogens is 314 g/mol. The third-order valence-corrected chi connectivity index (χ3v) is 5.80. The van der Waals surface area contributed by atoms with Gasteiger partial charge in [0, 0.05) is 12.0 Å². The van der Waals surface area contributed by atoms with Gasteiger partial charge in [0.05, 0.1) is 17.9 Å².